The van der Waals surface area contributed by atoms with Crippen LogP contribution in [0.1, 0.15) is 17.7 Å². The highest BCUT2D eigenvalue weighted by molar-refractivity contribution is 7.92. The molecule has 7 nitrogen and oxygen atoms in total. The van der Waals surface area contributed by atoms with Gasteiger partial charge in [-0.25, -0.2) is 8.42 Å². The first-order valence-electron chi connectivity index (χ1n) is 6.56. The van der Waals surface area contributed by atoms with E-state index < -0.39 is 10.0 Å². The van der Waals surface area contributed by atoms with Crippen LogP contribution in [0.4, 0.5) is 11.5 Å². The van der Waals surface area contributed by atoms with Crippen molar-refractivity contribution in [2.45, 2.75) is 24.7 Å². The van der Waals surface area contributed by atoms with E-state index in [4.69, 9.17) is 10.5 Å². The lowest BCUT2D eigenvalue weighted by atomic mass is 10.1. The Bertz CT molecular complexity index is 783. The summed E-state index contributed by atoms with van der Waals surface area (Å²) in [6, 6.07) is 4.77. The molecule has 0 spiro atoms. The maximum absolute atomic E-state index is 12.5. The van der Waals surface area contributed by atoms with Crippen molar-refractivity contribution in [2.24, 2.45) is 0 Å². The summed E-state index contributed by atoms with van der Waals surface area (Å²) in [5.74, 6) is 0.620. The van der Waals surface area contributed by atoms with Crippen molar-refractivity contribution in [2.75, 3.05) is 17.1 Å². The monoisotopic (exact) mass is 308 g/mol. The summed E-state index contributed by atoms with van der Waals surface area (Å²) in [5.41, 5.74) is 7.79. The lowest BCUT2D eigenvalue weighted by Crippen LogP contribution is -2.18. The predicted octanol–water partition coefficient (Wildman–Crippen LogP) is 1.43. The summed E-state index contributed by atoms with van der Waals surface area (Å²) in [5, 5.41) is 6.56. The standard InChI is InChI=1S/C13H16N4O3S/c1-8-5-12(16-15-8)17-21(18,19)11-7-10(14)6-9-3-2-4-20-13(9)11/h5-7H,2-4,14H2,1H3,(H2,15,16,17). The Morgan fingerprint density at radius 3 is 2.90 bits per heavy atom. The first-order valence-corrected chi connectivity index (χ1v) is 8.04. The van der Waals surface area contributed by atoms with Crippen LogP contribution >= 0.6 is 0 Å². The predicted molar refractivity (Wildman–Crippen MR) is 78.8 cm³/mol. The number of ether oxygens (including phenoxy) is 1. The van der Waals surface area contributed by atoms with E-state index in [1.807, 2.05) is 0 Å². The van der Waals surface area contributed by atoms with Gasteiger partial charge in [-0.15, -0.1) is 0 Å². The number of hydrogen-bond donors (Lipinski definition) is 3. The Kier molecular flexibility index (Phi) is 3.25. The van der Waals surface area contributed by atoms with Gasteiger partial charge in [0.2, 0.25) is 0 Å². The van der Waals surface area contributed by atoms with Gasteiger partial charge in [0.15, 0.2) is 5.82 Å². The number of rotatable bonds is 3. The molecule has 0 fully saturated rings. The number of hydrogen-bond acceptors (Lipinski definition) is 5. The van der Waals surface area contributed by atoms with E-state index in [0.717, 1.165) is 24.1 Å². The van der Waals surface area contributed by atoms with Gasteiger partial charge in [0.1, 0.15) is 10.6 Å². The molecule has 0 saturated carbocycles. The SMILES string of the molecule is Cc1cc(NS(=O)(=O)c2cc(N)cc3c2OCCC3)n[nH]1. The van der Waals surface area contributed by atoms with Crippen molar-refractivity contribution in [1.29, 1.82) is 0 Å². The van der Waals surface area contributed by atoms with Crippen LogP contribution < -0.4 is 15.2 Å². The second-order valence-corrected chi connectivity index (χ2v) is 6.65. The molecule has 0 aliphatic carbocycles. The van der Waals surface area contributed by atoms with E-state index >= 15 is 0 Å². The van der Waals surface area contributed by atoms with Crippen molar-refractivity contribution in [3.05, 3.63) is 29.5 Å². The quantitative estimate of drug-likeness (QED) is 0.743. The number of nitrogens with one attached hydrogen (secondary N) is 2. The molecule has 0 radical (unpaired) electrons. The number of aromatic nitrogens is 2. The second-order valence-electron chi connectivity index (χ2n) is 5.00. The van der Waals surface area contributed by atoms with E-state index in [1.54, 1.807) is 19.1 Å². The molecule has 1 aromatic heterocycles. The van der Waals surface area contributed by atoms with Crippen molar-refractivity contribution in [3.8, 4) is 5.75 Å². The zero-order valence-corrected chi connectivity index (χ0v) is 12.3. The molecule has 2 heterocycles. The van der Waals surface area contributed by atoms with Gasteiger partial charge >= 0.3 is 0 Å². The molecule has 0 saturated heterocycles. The first-order chi connectivity index (χ1) is 9.95. The topological polar surface area (TPSA) is 110 Å². The molecule has 1 aliphatic heterocycles. The molecule has 1 aromatic carbocycles. The van der Waals surface area contributed by atoms with E-state index in [2.05, 4.69) is 14.9 Å². The fraction of sp³-hybridized carbons (Fsp3) is 0.308. The number of sulfonamides is 1. The molecule has 0 atom stereocenters. The number of anilines is 2. The van der Waals surface area contributed by atoms with Gasteiger partial charge in [0.25, 0.3) is 10.0 Å². The molecule has 3 rings (SSSR count). The van der Waals surface area contributed by atoms with Crippen LogP contribution in [0.5, 0.6) is 5.75 Å². The minimum absolute atomic E-state index is 0.0536. The Hall–Kier alpha value is -2.22. The van der Waals surface area contributed by atoms with E-state index in [1.165, 1.54) is 6.07 Å². The molecule has 0 bridgehead atoms. The van der Waals surface area contributed by atoms with Crippen LogP contribution in [0.15, 0.2) is 23.1 Å². The van der Waals surface area contributed by atoms with Crippen molar-refractivity contribution in [1.82, 2.24) is 10.2 Å². The van der Waals surface area contributed by atoms with E-state index in [9.17, 15) is 8.42 Å². The minimum Gasteiger partial charge on any atom is -0.492 e. The van der Waals surface area contributed by atoms with Gasteiger partial charge in [-0.2, -0.15) is 5.10 Å². The van der Waals surface area contributed by atoms with Gasteiger partial charge in [0, 0.05) is 17.4 Å². The number of nitrogens with zero attached hydrogens (tertiary/aromatic N) is 1. The molecule has 112 valence electrons. The van der Waals surface area contributed by atoms with Crippen LogP contribution in [0, 0.1) is 6.92 Å². The summed E-state index contributed by atoms with van der Waals surface area (Å²) in [6.07, 6.45) is 1.60. The van der Waals surface area contributed by atoms with Crippen LogP contribution in [-0.2, 0) is 16.4 Å². The summed E-state index contributed by atoms with van der Waals surface area (Å²) in [7, 11) is -3.80. The lowest BCUT2D eigenvalue weighted by molar-refractivity contribution is 0.280. The Morgan fingerprint density at radius 2 is 2.19 bits per heavy atom. The zero-order chi connectivity index (χ0) is 15.0. The van der Waals surface area contributed by atoms with E-state index in [-0.39, 0.29) is 10.7 Å². The van der Waals surface area contributed by atoms with Gasteiger partial charge in [-0.3, -0.25) is 9.82 Å². The number of aromatic amines is 1. The van der Waals surface area contributed by atoms with E-state index in [0.29, 0.717) is 18.0 Å². The third kappa shape index (κ3) is 2.66. The van der Waals surface area contributed by atoms with Gasteiger partial charge in [-0.1, -0.05) is 0 Å². The third-order valence-electron chi connectivity index (χ3n) is 3.23. The van der Waals surface area contributed by atoms with Crippen molar-refractivity contribution in [3.63, 3.8) is 0 Å². The average Bonchev–Trinajstić information content (AvgIpc) is 2.82. The molecular formula is C13H16N4O3S. The lowest BCUT2D eigenvalue weighted by Gasteiger charge is -2.21. The average molecular weight is 308 g/mol. The normalized spacial score (nSPS) is 14.3. The number of nitrogen functional groups attached to an aromatic ring is 1. The second kappa shape index (κ2) is 4.96. The highest BCUT2D eigenvalue weighted by atomic mass is 32.2. The summed E-state index contributed by atoms with van der Waals surface area (Å²) in [4.78, 5) is 0.0536. The summed E-state index contributed by atoms with van der Waals surface area (Å²) in [6.45, 7) is 2.29. The number of benzene rings is 1. The smallest absolute Gasteiger partial charge is 0.266 e. The Balaban J connectivity index is 2.04. The van der Waals surface area contributed by atoms with Crippen LogP contribution in [0.3, 0.4) is 0 Å². The molecular weight excluding hydrogens is 292 g/mol. The Labute approximate surface area is 122 Å². The fourth-order valence-corrected chi connectivity index (χ4v) is 3.55. The molecule has 1 aliphatic rings. The highest BCUT2D eigenvalue weighted by Crippen LogP contribution is 2.35. The van der Waals surface area contributed by atoms with Crippen LogP contribution in [-0.4, -0.2) is 25.2 Å². The zero-order valence-electron chi connectivity index (χ0n) is 11.5. The van der Waals surface area contributed by atoms with Crippen LogP contribution in [0.25, 0.3) is 0 Å². The number of aryl methyl sites for hydroxylation is 2. The Morgan fingerprint density at radius 1 is 1.38 bits per heavy atom. The largest absolute Gasteiger partial charge is 0.492 e. The molecule has 4 N–H and O–H groups in total. The van der Waals surface area contributed by atoms with Gasteiger partial charge in [0.05, 0.1) is 6.61 Å². The highest BCUT2D eigenvalue weighted by Gasteiger charge is 2.25. The van der Waals surface area contributed by atoms with Crippen molar-refractivity contribution >= 4 is 21.5 Å². The molecule has 0 amide bonds. The number of H-pyrrole nitrogens is 1. The molecule has 21 heavy (non-hydrogen) atoms. The van der Waals surface area contributed by atoms with Crippen LogP contribution in [0.2, 0.25) is 0 Å². The van der Waals surface area contributed by atoms with Crippen molar-refractivity contribution < 1.29 is 13.2 Å². The van der Waals surface area contributed by atoms with Gasteiger partial charge in [-0.05, 0) is 37.5 Å². The number of fused-ring (bicyclic) bond motifs is 1. The molecule has 2 aromatic rings. The first kappa shape index (κ1) is 13.7. The maximum Gasteiger partial charge on any atom is 0.266 e. The summed E-state index contributed by atoms with van der Waals surface area (Å²) >= 11 is 0. The van der Waals surface area contributed by atoms with Gasteiger partial charge < -0.3 is 10.5 Å². The third-order valence-corrected chi connectivity index (χ3v) is 4.59. The number of nitrogens with two attached hydrogens (primary N) is 1. The minimum atomic E-state index is -3.80. The molecule has 8 heteroatoms. The maximum atomic E-state index is 12.5. The summed E-state index contributed by atoms with van der Waals surface area (Å²) < 4.78 is 33.0. The fourth-order valence-electron chi connectivity index (χ4n) is 2.33. The molecule has 0 unspecified atom stereocenters.